The van der Waals surface area contributed by atoms with E-state index in [1.54, 1.807) is 0 Å². The fourth-order valence-electron chi connectivity index (χ4n) is 6.02. The number of fused-ring (bicyclic) bond motifs is 1. The Morgan fingerprint density at radius 3 is 2.38 bits per heavy atom. The highest BCUT2D eigenvalue weighted by molar-refractivity contribution is 6.74. The van der Waals surface area contributed by atoms with Crippen molar-refractivity contribution >= 4 is 8.32 Å². The second kappa shape index (κ2) is 9.05. The van der Waals surface area contributed by atoms with Gasteiger partial charge in [-0.2, -0.15) is 0 Å². The summed E-state index contributed by atoms with van der Waals surface area (Å²) in [5.74, 6) is 4.96. The molecule has 2 unspecified atom stereocenters. The molecule has 5 atom stereocenters. The van der Waals surface area contributed by atoms with Crippen LogP contribution in [0.2, 0.25) is 18.1 Å². The van der Waals surface area contributed by atoms with E-state index in [-0.39, 0.29) is 5.04 Å². The van der Waals surface area contributed by atoms with Crippen LogP contribution in [0.5, 0.6) is 0 Å². The van der Waals surface area contributed by atoms with Gasteiger partial charge in [-0.3, -0.25) is 0 Å². The Bertz CT molecular complexity index is 577. The van der Waals surface area contributed by atoms with Gasteiger partial charge in [0.05, 0.1) is 5.60 Å². The first kappa shape index (κ1) is 25.0. The molecule has 0 heterocycles. The SMILES string of the molecule is C#CC[C@H](CCCC(C)(C)O)C1CCC2[C@@H](O[Si](C)(C)C(C)(C)C)CCC[C@]12C. The molecule has 0 amide bonds. The molecule has 2 saturated carbocycles. The largest absolute Gasteiger partial charge is 0.414 e. The summed E-state index contributed by atoms with van der Waals surface area (Å²) in [4.78, 5) is 0. The predicted octanol–water partition coefficient (Wildman–Crippen LogP) is 7.17. The molecule has 0 aliphatic heterocycles. The van der Waals surface area contributed by atoms with Crippen LogP contribution in [-0.2, 0) is 4.43 Å². The molecule has 0 spiro atoms. The molecular formula is C26H48O2Si. The Kier molecular flexibility index (Phi) is 7.79. The van der Waals surface area contributed by atoms with Crippen LogP contribution in [-0.4, -0.2) is 25.1 Å². The highest BCUT2D eigenvalue weighted by atomic mass is 28.4. The van der Waals surface area contributed by atoms with Crippen LogP contribution in [0.4, 0.5) is 0 Å². The molecule has 2 fully saturated rings. The monoisotopic (exact) mass is 420 g/mol. The summed E-state index contributed by atoms with van der Waals surface area (Å²) in [6, 6.07) is 0. The van der Waals surface area contributed by atoms with Gasteiger partial charge in [0.25, 0.3) is 0 Å². The van der Waals surface area contributed by atoms with Gasteiger partial charge >= 0.3 is 0 Å². The zero-order valence-electron chi connectivity index (χ0n) is 20.6. The lowest BCUT2D eigenvalue weighted by Crippen LogP contribution is -2.50. The summed E-state index contributed by atoms with van der Waals surface area (Å²) in [6.45, 7) is 18.3. The molecular weight excluding hydrogens is 372 g/mol. The average Bonchev–Trinajstić information content (AvgIpc) is 2.89. The van der Waals surface area contributed by atoms with Gasteiger partial charge in [0.1, 0.15) is 0 Å². The zero-order valence-corrected chi connectivity index (χ0v) is 21.6. The molecule has 29 heavy (non-hydrogen) atoms. The smallest absolute Gasteiger partial charge is 0.192 e. The van der Waals surface area contributed by atoms with E-state index in [0.29, 0.717) is 29.3 Å². The quantitative estimate of drug-likeness (QED) is 0.333. The Balaban J connectivity index is 2.14. The van der Waals surface area contributed by atoms with E-state index in [0.717, 1.165) is 25.7 Å². The second-order valence-electron chi connectivity index (χ2n) is 12.5. The lowest BCUT2D eigenvalue weighted by atomic mass is 9.60. The van der Waals surface area contributed by atoms with Crippen molar-refractivity contribution in [2.24, 2.45) is 23.2 Å². The van der Waals surface area contributed by atoms with E-state index in [4.69, 9.17) is 10.8 Å². The highest BCUT2D eigenvalue weighted by Crippen LogP contribution is 2.60. The fourth-order valence-corrected chi connectivity index (χ4v) is 7.42. The minimum absolute atomic E-state index is 0.266. The normalized spacial score (nSPS) is 31.9. The topological polar surface area (TPSA) is 29.5 Å². The van der Waals surface area contributed by atoms with E-state index < -0.39 is 13.9 Å². The van der Waals surface area contributed by atoms with Crippen molar-refractivity contribution < 1.29 is 9.53 Å². The lowest BCUT2D eigenvalue weighted by molar-refractivity contribution is -0.0234. The minimum atomic E-state index is -1.75. The maximum absolute atomic E-state index is 10.1. The Morgan fingerprint density at radius 1 is 1.17 bits per heavy atom. The van der Waals surface area contributed by atoms with Crippen molar-refractivity contribution in [3.8, 4) is 12.3 Å². The standard InChI is InChI=1S/C26H48O2Si/c1-10-13-20(14-11-18-25(5,6)27)21-16-17-22-23(15-12-19-26(21,22)7)28-29(8,9)24(2,3)4/h1,20-23,27H,11-19H2,2-9H3/t20-,21?,22?,23+,26-/m1/s1. The van der Waals surface area contributed by atoms with E-state index in [1.807, 2.05) is 13.8 Å². The summed E-state index contributed by atoms with van der Waals surface area (Å²) >= 11 is 0. The third-order valence-electron chi connectivity index (χ3n) is 8.70. The van der Waals surface area contributed by atoms with Crippen LogP contribution < -0.4 is 0 Å². The molecule has 0 bridgehead atoms. The predicted molar refractivity (Wildman–Crippen MR) is 127 cm³/mol. The van der Waals surface area contributed by atoms with Gasteiger partial charge < -0.3 is 9.53 Å². The van der Waals surface area contributed by atoms with Gasteiger partial charge in [-0.05, 0) is 93.7 Å². The van der Waals surface area contributed by atoms with Crippen LogP contribution in [0.25, 0.3) is 0 Å². The number of hydrogen-bond donors (Lipinski definition) is 1. The van der Waals surface area contributed by atoms with Crippen LogP contribution >= 0.6 is 0 Å². The van der Waals surface area contributed by atoms with Crippen molar-refractivity contribution in [1.29, 1.82) is 0 Å². The Morgan fingerprint density at radius 2 is 1.83 bits per heavy atom. The number of rotatable bonds is 8. The summed E-state index contributed by atoms with van der Waals surface area (Å²) in [6.07, 6.45) is 16.6. The minimum Gasteiger partial charge on any atom is -0.414 e. The molecule has 2 rings (SSSR count). The van der Waals surface area contributed by atoms with Gasteiger partial charge in [0, 0.05) is 12.5 Å². The molecule has 168 valence electrons. The molecule has 3 heteroatoms. The lowest BCUT2D eigenvalue weighted by Gasteiger charge is -2.50. The van der Waals surface area contributed by atoms with Crippen LogP contribution in [0.3, 0.4) is 0 Å². The van der Waals surface area contributed by atoms with Gasteiger partial charge in [-0.1, -0.05) is 40.5 Å². The van der Waals surface area contributed by atoms with Gasteiger partial charge in [-0.25, -0.2) is 0 Å². The Hall–Kier alpha value is -0.303. The summed E-state index contributed by atoms with van der Waals surface area (Å²) < 4.78 is 7.00. The van der Waals surface area contributed by atoms with Crippen LogP contribution in [0.1, 0.15) is 99.3 Å². The van der Waals surface area contributed by atoms with E-state index in [2.05, 4.69) is 46.7 Å². The maximum atomic E-state index is 10.1. The molecule has 0 saturated heterocycles. The Labute approximate surface area is 182 Å². The van der Waals surface area contributed by atoms with Crippen molar-refractivity contribution in [3.05, 3.63) is 0 Å². The molecule has 0 radical (unpaired) electrons. The number of aliphatic hydroxyl groups is 1. The molecule has 2 nitrogen and oxygen atoms in total. The van der Waals surface area contributed by atoms with Crippen molar-refractivity contribution in [1.82, 2.24) is 0 Å². The second-order valence-corrected chi connectivity index (χ2v) is 17.2. The molecule has 2 aliphatic carbocycles. The molecule has 0 aromatic carbocycles. The van der Waals surface area contributed by atoms with Gasteiger partial charge in [-0.15, -0.1) is 12.3 Å². The number of hydrogen-bond acceptors (Lipinski definition) is 2. The fraction of sp³-hybridized carbons (Fsp3) is 0.923. The highest BCUT2D eigenvalue weighted by Gasteiger charge is 2.54. The van der Waals surface area contributed by atoms with Crippen LogP contribution in [0.15, 0.2) is 0 Å². The number of terminal acetylenes is 1. The maximum Gasteiger partial charge on any atom is 0.192 e. The van der Waals surface area contributed by atoms with Gasteiger partial charge in [0.15, 0.2) is 8.32 Å². The molecule has 1 N–H and O–H groups in total. The van der Waals surface area contributed by atoms with E-state index in [1.165, 1.54) is 32.1 Å². The molecule has 2 aliphatic rings. The van der Waals surface area contributed by atoms with Crippen molar-refractivity contribution in [2.75, 3.05) is 0 Å². The van der Waals surface area contributed by atoms with Crippen molar-refractivity contribution in [2.45, 2.75) is 129 Å². The summed E-state index contributed by atoms with van der Waals surface area (Å²) in [5, 5.41) is 10.4. The van der Waals surface area contributed by atoms with Gasteiger partial charge in [0.2, 0.25) is 0 Å². The van der Waals surface area contributed by atoms with Crippen molar-refractivity contribution in [3.63, 3.8) is 0 Å². The van der Waals surface area contributed by atoms with E-state index >= 15 is 0 Å². The van der Waals surface area contributed by atoms with E-state index in [9.17, 15) is 5.11 Å². The first-order chi connectivity index (χ1) is 13.2. The molecule has 0 aromatic heterocycles. The first-order valence-corrected chi connectivity index (χ1v) is 15.0. The zero-order chi connectivity index (χ0) is 22.1. The average molecular weight is 421 g/mol. The first-order valence-electron chi connectivity index (χ1n) is 12.0. The third-order valence-corrected chi connectivity index (χ3v) is 13.2. The summed E-state index contributed by atoms with van der Waals surface area (Å²) in [7, 11) is -1.75. The molecule has 0 aromatic rings. The van der Waals surface area contributed by atoms with Crippen LogP contribution in [0, 0.1) is 35.5 Å². The summed E-state index contributed by atoms with van der Waals surface area (Å²) in [5.41, 5.74) is -0.211. The third kappa shape index (κ3) is 5.90.